The zero-order valence-electron chi connectivity index (χ0n) is 8.20. The third kappa shape index (κ3) is 2.62. The van der Waals surface area contributed by atoms with Crippen LogP contribution in [0.2, 0.25) is 0 Å². The van der Waals surface area contributed by atoms with Crippen LogP contribution >= 0.6 is 0 Å². The summed E-state index contributed by atoms with van der Waals surface area (Å²) in [6.07, 6.45) is -0.313. The molecule has 1 saturated heterocycles. The Morgan fingerprint density at radius 3 is 2.46 bits per heavy atom. The lowest BCUT2D eigenvalue weighted by molar-refractivity contribution is 0.0116. The third-order valence-electron chi connectivity index (χ3n) is 1.70. The Bertz CT molecular complexity index is 243. The van der Waals surface area contributed by atoms with Crippen LogP contribution in [0.3, 0.4) is 0 Å². The summed E-state index contributed by atoms with van der Waals surface area (Å²) in [7, 11) is 0. The lowest BCUT2D eigenvalue weighted by Crippen LogP contribution is -2.53. The minimum atomic E-state index is -0.444. The summed E-state index contributed by atoms with van der Waals surface area (Å²) >= 11 is 0. The SMILES string of the molecule is [C-]#[N+]C1CN(C(=O)OC(C)(C)C)C1. The monoisotopic (exact) mass is 182 g/mol. The van der Waals surface area contributed by atoms with Crippen LogP contribution < -0.4 is 0 Å². The van der Waals surface area contributed by atoms with Crippen LogP contribution in [-0.4, -0.2) is 35.7 Å². The first-order chi connectivity index (χ1) is 5.92. The number of rotatable bonds is 0. The molecule has 0 aromatic heterocycles. The normalized spacial score (nSPS) is 17.5. The molecule has 1 aliphatic heterocycles. The number of amides is 1. The number of ether oxygens (including phenoxy) is 1. The van der Waals surface area contributed by atoms with E-state index < -0.39 is 5.60 Å². The summed E-state index contributed by atoms with van der Waals surface area (Å²) in [6.45, 7) is 13.2. The Hall–Kier alpha value is -1.24. The molecule has 0 aliphatic carbocycles. The minimum Gasteiger partial charge on any atom is -0.444 e. The van der Waals surface area contributed by atoms with Gasteiger partial charge in [0.25, 0.3) is 6.04 Å². The van der Waals surface area contributed by atoms with Crippen molar-refractivity contribution in [1.82, 2.24) is 4.90 Å². The second-order valence-corrected chi connectivity index (χ2v) is 4.17. The molecule has 1 aliphatic rings. The molecule has 0 radical (unpaired) electrons. The Labute approximate surface area is 78.3 Å². The van der Waals surface area contributed by atoms with Crippen molar-refractivity contribution in [2.75, 3.05) is 13.1 Å². The molecule has 0 aromatic rings. The number of hydrogen-bond donors (Lipinski definition) is 0. The van der Waals surface area contributed by atoms with Gasteiger partial charge in [-0.1, -0.05) is 0 Å². The summed E-state index contributed by atoms with van der Waals surface area (Å²) in [5.74, 6) is 0. The summed E-state index contributed by atoms with van der Waals surface area (Å²) < 4.78 is 5.12. The molecule has 72 valence electrons. The van der Waals surface area contributed by atoms with Crippen molar-refractivity contribution in [1.29, 1.82) is 0 Å². The molecule has 1 fully saturated rings. The maximum atomic E-state index is 11.3. The fraction of sp³-hybridized carbons (Fsp3) is 0.778. The van der Waals surface area contributed by atoms with Crippen LogP contribution in [0, 0.1) is 6.57 Å². The number of hydrogen-bond acceptors (Lipinski definition) is 2. The predicted molar refractivity (Wildman–Crippen MR) is 48.2 cm³/mol. The second-order valence-electron chi connectivity index (χ2n) is 4.17. The van der Waals surface area contributed by atoms with E-state index in [1.165, 1.54) is 0 Å². The van der Waals surface area contributed by atoms with Gasteiger partial charge in [-0.3, -0.25) is 4.90 Å². The Morgan fingerprint density at radius 1 is 1.54 bits per heavy atom. The summed E-state index contributed by atoms with van der Waals surface area (Å²) in [6, 6.07) is -0.0208. The standard InChI is InChI=1S/C9H14N2O2/c1-9(2,3)13-8(12)11-5-7(6-11)10-4/h7H,5-6H2,1-3H3. The topological polar surface area (TPSA) is 33.9 Å². The molecule has 1 rings (SSSR count). The molecule has 0 N–H and O–H groups in total. The highest BCUT2D eigenvalue weighted by Crippen LogP contribution is 2.16. The maximum Gasteiger partial charge on any atom is 0.410 e. The lowest BCUT2D eigenvalue weighted by atomic mass is 10.1. The van der Waals surface area contributed by atoms with Crippen LogP contribution in [-0.2, 0) is 4.74 Å². The summed E-state index contributed by atoms with van der Waals surface area (Å²) in [5, 5.41) is 0. The highest BCUT2D eigenvalue weighted by molar-refractivity contribution is 5.69. The number of likely N-dealkylation sites (tertiary alicyclic amines) is 1. The van der Waals surface area contributed by atoms with Crippen LogP contribution in [0.4, 0.5) is 4.79 Å². The van der Waals surface area contributed by atoms with E-state index in [-0.39, 0.29) is 12.1 Å². The van der Waals surface area contributed by atoms with E-state index in [4.69, 9.17) is 11.3 Å². The van der Waals surface area contributed by atoms with E-state index >= 15 is 0 Å². The van der Waals surface area contributed by atoms with Gasteiger partial charge in [-0.25, -0.2) is 11.4 Å². The molecular formula is C9H14N2O2. The summed E-state index contributed by atoms with van der Waals surface area (Å²) in [5.41, 5.74) is -0.444. The van der Waals surface area contributed by atoms with Crippen molar-refractivity contribution >= 4 is 6.09 Å². The first-order valence-corrected chi connectivity index (χ1v) is 4.27. The smallest absolute Gasteiger partial charge is 0.410 e. The van der Waals surface area contributed by atoms with Gasteiger partial charge in [0.1, 0.15) is 18.7 Å². The number of nitrogens with zero attached hydrogens (tertiary/aromatic N) is 2. The number of carbonyl (C=O) groups excluding carboxylic acids is 1. The van der Waals surface area contributed by atoms with Crippen LogP contribution in [0.25, 0.3) is 4.85 Å². The van der Waals surface area contributed by atoms with E-state index in [9.17, 15) is 4.79 Å². The molecule has 0 atom stereocenters. The summed E-state index contributed by atoms with van der Waals surface area (Å²) in [4.78, 5) is 16.2. The van der Waals surface area contributed by atoms with Gasteiger partial charge in [0, 0.05) is 0 Å². The molecule has 0 bridgehead atoms. The van der Waals surface area contributed by atoms with Crippen molar-refractivity contribution in [3.63, 3.8) is 0 Å². The molecule has 0 saturated carbocycles. The average molecular weight is 182 g/mol. The van der Waals surface area contributed by atoms with Crippen molar-refractivity contribution < 1.29 is 9.53 Å². The molecule has 0 unspecified atom stereocenters. The van der Waals surface area contributed by atoms with Crippen LogP contribution in [0.15, 0.2) is 0 Å². The zero-order chi connectivity index (χ0) is 10.1. The fourth-order valence-corrected chi connectivity index (χ4v) is 1.01. The van der Waals surface area contributed by atoms with E-state index in [1.807, 2.05) is 20.8 Å². The molecular weight excluding hydrogens is 168 g/mol. The molecule has 4 nitrogen and oxygen atoms in total. The molecule has 0 spiro atoms. The van der Waals surface area contributed by atoms with Gasteiger partial charge >= 0.3 is 6.09 Å². The van der Waals surface area contributed by atoms with E-state index in [0.717, 1.165) is 0 Å². The van der Waals surface area contributed by atoms with Crippen molar-refractivity contribution in [3.8, 4) is 0 Å². The Kier molecular flexibility index (Phi) is 2.46. The molecule has 1 heterocycles. The van der Waals surface area contributed by atoms with Gasteiger partial charge in [0.2, 0.25) is 0 Å². The van der Waals surface area contributed by atoms with Crippen molar-refractivity contribution in [2.45, 2.75) is 32.4 Å². The molecule has 1 amide bonds. The fourth-order valence-electron chi connectivity index (χ4n) is 1.01. The van der Waals surface area contributed by atoms with Crippen LogP contribution in [0.5, 0.6) is 0 Å². The van der Waals surface area contributed by atoms with Crippen molar-refractivity contribution in [3.05, 3.63) is 11.4 Å². The zero-order valence-corrected chi connectivity index (χ0v) is 8.20. The second kappa shape index (κ2) is 3.25. The Balaban J connectivity index is 2.33. The lowest BCUT2D eigenvalue weighted by Gasteiger charge is -2.33. The van der Waals surface area contributed by atoms with Gasteiger partial charge in [0.15, 0.2) is 0 Å². The molecule has 13 heavy (non-hydrogen) atoms. The van der Waals surface area contributed by atoms with Gasteiger partial charge in [-0.05, 0) is 20.8 Å². The van der Waals surface area contributed by atoms with Crippen molar-refractivity contribution in [2.24, 2.45) is 0 Å². The largest absolute Gasteiger partial charge is 0.444 e. The maximum absolute atomic E-state index is 11.3. The quantitative estimate of drug-likeness (QED) is 0.532. The molecule has 0 aromatic carbocycles. The first-order valence-electron chi connectivity index (χ1n) is 4.27. The van der Waals surface area contributed by atoms with E-state index in [1.54, 1.807) is 4.90 Å². The van der Waals surface area contributed by atoms with Gasteiger partial charge in [-0.2, -0.15) is 0 Å². The van der Waals surface area contributed by atoms with Gasteiger partial charge in [-0.15, -0.1) is 0 Å². The number of carbonyl (C=O) groups is 1. The van der Waals surface area contributed by atoms with E-state index in [0.29, 0.717) is 13.1 Å². The Morgan fingerprint density at radius 2 is 2.08 bits per heavy atom. The van der Waals surface area contributed by atoms with Crippen LogP contribution in [0.1, 0.15) is 20.8 Å². The predicted octanol–water partition coefficient (Wildman–Crippen LogP) is 1.52. The van der Waals surface area contributed by atoms with Gasteiger partial charge < -0.3 is 9.58 Å². The average Bonchev–Trinajstić information content (AvgIpc) is 1.79. The van der Waals surface area contributed by atoms with E-state index in [2.05, 4.69) is 4.85 Å². The molecule has 4 heteroatoms. The minimum absolute atomic E-state index is 0.0208. The highest BCUT2D eigenvalue weighted by Gasteiger charge is 2.37. The first kappa shape index (κ1) is 9.85. The third-order valence-corrected chi connectivity index (χ3v) is 1.70. The van der Waals surface area contributed by atoms with Gasteiger partial charge in [0.05, 0.1) is 0 Å². The highest BCUT2D eigenvalue weighted by atomic mass is 16.6.